The lowest BCUT2D eigenvalue weighted by Gasteiger charge is -2.47. The summed E-state index contributed by atoms with van der Waals surface area (Å²) in [6.45, 7) is 1.32. The zero-order valence-electron chi connectivity index (χ0n) is 29.0. The van der Waals surface area contributed by atoms with Crippen molar-refractivity contribution >= 4 is 0 Å². The number of rotatable bonds is 18. The molecule has 49 heavy (non-hydrogen) atoms. The van der Waals surface area contributed by atoms with Crippen molar-refractivity contribution in [1.82, 2.24) is 0 Å². The van der Waals surface area contributed by atoms with Crippen molar-refractivity contribution in [3.05, 3.63) is 108 Å². The Morgan fingerprint density at radius 1 is 0.408 bits per heavy atom. The summed E-state index contributed by atoms with van der Waals surface area (Å²) in [4.78, 5) is 0. The molecule has 0 bridgehead atoms. The monoisotopic (exact) mass is 682 g/mol. The van der Waals surface area contributed by atoms with Gasteiger partial charge in [-0.25, -0.2) is 0 Å². The molecule has 2 heterocycles. The van der Waals surface area contributed by atoms with Crippen LogP contribution in [0.1, 0.15) is 16.7 Å². The fourth-order valence-corrected chi connectivity index (χ4v) is 6.37. The molecule has 11 heteroatoms. The van der Waals surface area contributed by atoms with Crippen LogP contribution in [0.3, 0.4) is 0 Å². The fourth-order valence-electron chi connectivity index (χ4n) is 6.37. The molecule has 2 saturated heterocycles. The number of methoxy groups -OCH3 is 5. The summed E-state index contributed by atoms with van der Waals surface area (Å²) in [5.74, 6) is 0. The van der Waals surface area contributed by atoms with Gasteiger partial charge in [0.2, 0.25) is 0 Å². The Labute approximate surface area is 289 Å². The maximum Gasteiger partial charge on any atom is 0.187 e. The highest BCUT2D eigenvalue weighted by Crippen LogP contribution is 2.33. The van der Waals surface area contributed by atoms with E-state index in [0.717, 1.165) is 16.7 Å². The average Bonchev–Trinajstić information content (AvgIpc) is 3.15. The van der Waals surface area contributed by atoms with E-state index in [1.54, 1.807) is 35.5 Å². The van der Waals surface area contributed by atoms with Crippen LogP contribution in [0.25, 0.3) is 0 Å². The molecule has 0 amide bonds. The van der Waals surface area contributed by atoms with Gasteiger partial charge in [-0.15, -0.1) is 0 Å². The molecule has 0 spiro atoms. The van der Waals surface area contributed by atoms with Crippen LogP contribution >= 0.6 is 0 Å². The van der Waals surface area contributed by atoms with E-state index in [4.69, 9.17) is 52.1 Å². The summed E-state index contributed by atoms with van der Waals surface area (Å²) < 4.78 is 68.1. The summed E-state index contributed by atoms with van der Waals surface area (Å²) in [7, 11) is 8.01. The Hall–Kier alpha value is -2.78. The number of hydrogen-bond donors (Lipinski definition) is 0. The summed E-state index contributed by atoms with van der Waals surface area (Å²) in [6.07, 6.45) is -6.07. The summed E-state index contributed by atoms with van der Waals surface area (Å²) in [6, 6.07) is 29.9. The summed E-state index contributed by atoms with van der Waals surface area (Å²) in [5, 5.41) is 0. The first-order valence-electron chi connectivity index (χ1n) is 16.6. The van der Waals surface area contributed by atoms with E-state index in [9.17, 15) is 0 Å². The highest BCUT2D eigenvalue weighted by atomic mass is 16.7. The maximum atomic E-state index is 6.71. The third kappa shape index (κ3) is 9.93. The SMILES string of the molecule is COC[C@H]1O[C@@H](OC[C@H]2O[C@@H](OC)[C@H](OCc3ccccc3)[C@@H](OCc3ccccc3)[C@H]2OCc2ccccc2)[C@H](OC)[C@@H](OC)[C@@H]1OC. The zero-order valence-corrected chi connectivity index (χ0v) is 29.0. The average molecular weight is 683 g/mol. The highest BCUT2D eigenvalue weighted by Gasteiger charge is 2.51. The Morgan fingerprint density at radius 2 is 0.857 bits per heavy atom. The van der Waals surface area contributed by atoms with Gasteiger partial charge in [0.1, 0.15) is 48.8 Å². The smallest absolute Gasteiger partial charge is 0.187 e. The van der Waals surface area contributed by atoms with Gasteiger partial charge in [-0.05, 0) is 16.7 Å². The van der Waals surface area contributed by atoms with Crippen molar-refractivity contribution in [1.29, 1.82) is 0 Å². The van der Waals surface area contributed by atoms with Crippen LogP contribution in [0, 0.1) is 0 Å². The van der Waals surface area contributed by atoms with Crippen molar-refractivity contribution < 1.29 is 52.1 Å². The minimum atomic E-state index is -0.823. The van der Waals surface area contributed by atoms with Gasteiger partial charge in [-0.3, -0.25) is 0 Å². The van der Waals surface area contributed by atoms with Gasteiger partial charge in [-0.1, -0.05) is 91.0 Å². The molecule has 2 aliphatic heterocycles. The first kappa shape index (κ1) is 37.5. The Balaban J connectivity index is 1.42. The highest BCUT2D eigenvalue weighted by molar-refractivity contribution is 5.16. The molecule has 2 fully saturated rings. The number of hydrogen-bond acceptors (Lipinski definition) is 11. The fraction of sp³-hybridized carbons (Fsp3) is 0.526. The van der Waals surface area contributed by atoms with Crippen molar-refractivity contribution in [3.63, 3.8) is 0 Å². The standard InChI is InChI=1S/C38H50O11/c1-39-24-29-31(40-2)33(41-3)35(42-4)38(49-29)47-25-30-32(44-21-26-15-9-6-10-16-26)34(45-22-27-17-11-7-12-18-27)36(37(43-5)48-30)46-23-28-19-13-8-14-20-28/h6-20,29-38H,21-25H2,1-5H3/t29-,30-,31-,32+,33+,34+,35-,36-,37-,38-/m1/s1. The third-order valence-electron chi connectivity index (χ3n) is 8.84. The van der Waals surface area contributed by atoms with Gasteiger partial charge in [0, 0.05) is 35.5 Å². The molecule has 0 unspecified atom stereocenters. The molecule has 0 radical (unpaired) electrons. The quantitative estimate of drug-likeness (QED) is 0.189. The molecule has 3 aromatic rings. The second-order valence-corrected chi connectivity index (χ2v) is 12.0. The lowest BCUT2D eigenvalue weighted by atomic mass is 9.97. The lowest BCUT2D eigenvalue weighted by molar-refractivity contribution is -0.345. The molecule has 11 nitrogen and oxygen atoms in total. The van der Waals surface area contributed by atoms with Crippen LogP contribution in [0.2, 0.25) is 0 Å². The van der Waals surface area contributed by atoms with Gasteiger partial charge < -0.3 is 52.1 Å². The van der Waals surface area contributed by atoms with Crippen LogP contribution in [0.5, 0.6) is 0 Å². The van der Waals surface area contributed by atoms with E-state index in [-0.39, 0.29) is 13.2 Å². The predicted molar refractivity (Wildman–Crippen MR) is 180 cm³/mol. The van der Waals surface area contributed by atoms with Gasteiger partial charge in [0.25, 0.3) is 0 Å². The molecule has 2 aliphatic rings. The predicted octanol–water partition coefficient (Wildman–Crippen LogP) is 4.55. The largest absolute Gasteiger partial charge is 0.382 e. The molecule has 5 rings (SSSR count). The third-order valence-corrected chi connectivity index (χ3v) is 8.84. The van der Waals surface area contributed by atoms with E-state index in [0.29, 0.717) is 19.8 Å². The van der Waals surface area contributed by atoms with Crippen molar-refractivity contribution in [3.8, 4) is 0 Å². The van der Waals surface area contributed by atoms with Crippen LogP contribution in [-0.2, 0) is 71.9 Å². The Bertz CT molecular complexity index is 1320. The molecule has 268 valence electrons. The summed E-state index contributed by atoms with van der Waals surface area (Å²) in [5.41, 5.74) is 3.03. The van der Waals surface area contributed by atoms with E-state index in [2.05, 4.69) is 0 Å². The normalized spacial score (nSPS) is 30.3. The van der Waals surface area contributed by atoms with Gasteiger partial charge >= 0.3 is 0 Å². The topological polar surface area (TPSA) is 102 Å². The second-order valence-electron chi connectivity index (χ2n) is 12.0. The maximum absolute atomic E-state index is 6.71. The van der Waals surface area contributed by atoms with E-state index >= 15 is 0 Å². The molecular weight excluding hydrogens is 632 g/mol. The minimum Gasteiger partial charge on any atom is -0.382 e. The van der Waals surface area contributed by atoms with E-state index in [1.165, 1.54) is 0 Å². The zero-order chi connectivity index (χ0) is 34.4. The molecule has 3 aromatic carbocycles. The first-order valence-corrected chi connectivity index (χ1v) is 16.6. The summed E-state index contributed by atoms with van der Waals surface area (Å²) >= 11 is 0. The van der Waals surface area contributed by atoms with Crippen molar-refractivity contribution in [2.24, 2.45) is 0 Å². The van der Waals surface area contributed by atoms with Gasteiger partial charge in [0.05, 0.1) is 33.0 Å². The van der Waals surface area contributed by atoms with Gasteiger partial charge in [0.15, 0.2) is 12.6 Å². The van der Waals surface area contributed by atoms with Gasteiger partial charge in [-0.2, -0.15) is 0 Å². The number of ether oxygens (including phenoxy) is 11. The van der Waals surface area contributed by atoms with Crippen LogP contribution < -0.4 is 0 Å². The van der Waals surface area contributed by atoms with Crippen LogP contribution in [0.4, 0.5) is 0 Å². The molecular formula is C38H50O11. The Kier molecular flexibility index (Phi) is 15.0. The van der Waals surface area contributed by atoms with Crippen molar-refractivity contribution in [2.45, 2.75) is 81.2 Å². The van der Waals surface area contributed by atoms with Crippen LogP contribution in [0.15, 0.2) is 91.0 Å². The van der Waals surface area contributed by atoms with E-state index in [1.807, 2.05) is 91.0 Å². The molecule has 0 saturated carbocycles. The molecule has 0 N–H and O–H groups in total. The van der Waals surface area contributed by atoms with Crippen LogP contribution in [-0.4, -0.2) is 110 Å². The van der Waals surface area contributed by atoms with Crippen molar-refractivity contribution in [2.75, 3.05) is 48.8 Å². The Morgan fingerprint density at radius 3 is 1.33 bits per heavy atom. The first-order chi connectivity index (χ1) is 24.1. The molecule has 10 atom stereocenters. The number of benzene rings is 3. The second kappa shape index (κ2) is 19.6. The lowest BCUT2D eigenvalue weighted by Crippen LogP contribution is -2.63. The van der Waals surface area contributed by atoms with E-state index < -0.39 is 61.4 Å². The minimum absolute atomic E-state index is 0.0637. The molecule has 0 aromatic heterocycles. The molecule has 0 aliphatic carbocycles.